The summed E-state index contributed by atoms with van der Waals surface area (Å²) in [5.41, 5.74) is 6.06. The number of pyridine rings is 1. The molecular weight excluding hydrogens is 270 g/mol. The second kappa shape index (κ2) is 5.89. The molecule has 1 unspecified atom stereocenters. The van der Waals surface area contributed by atoms with Crippen molar-refractivity contribution in [1.82, 2.24) is 9.88 Å². The molecule has 0 saturated carbocycles. The molecule has 1 aromatic heterocycles. The second-order valence-electron chi connectivity index (χ2n) is 6.30. The van der Waals surface area contributed by atoms with Gasteiger partial charge in [0.1, 0.15) is 5.60 Å². The molecule has 1 aliphatic rings. The fourth-order valence-corrected chi connectivity index (χ4v) is 2.50. The number of hydrogen-bond donors (Lipinski definition) is 2. The highest BCUT2D eigenvalue weighted by atomic mass is 16.6. The van der Waals surface area contributed by atoms with Gasteiger partial charge in [0.25, 0.3) is 5.56 Å². The molecule has 1 saturated heterocycles. The van der Waals surface area contributed by atoms with Gasteiger partial charge in [0.2, 0.25) is 0 Å². The van der Waals surface area contributed by atoms with Crippen molar-refractivity contribution in [3.05, 3.63) is 33.7 Å². The topological polar surface area (TPSA) is 88.4 Å². The van der Waals surface area contributed by atoms with Crippen molar-refractivity contribution in [2.75, 3.05) is 6.54 Å². The minimum Gasteiger partial charge on any atom is -0.444 e. The molecule has 1 aromatic rings. The Morgan fingerprint density at radius 1 is 1.48 bits per heavy atom. The van der Waals surface area contributed by atoms with Crippen molar-refractivity contribution in [3.8, 4) is 0 Å². The van der Waals surface area contributed by atoms with Gasteiger partial charge in [-0.15, -0.1) is 0 Å². The third-order valence-electron chi connectivity index (χ3n) is 3.47. The van der Waals surface area contributed by atoms with Gasteiger partial charge >= 0.3 is 6.09 Å². The molecule has 2 heterocycles. The number of hydrogen-bond acceptors (Lipinski definition) is 4. The maximum absolute atomic E-state index is 12.2. The third kappa shape index (κ3) is 3.64. The van der Waals surface area contributed by atoms with E-state index in [2.05, 4.69) is 4.98 Å². The Kier molecular flexibility index (Phi) is 4.37. The summed E-state index contributed by atoms with van der Waals surface area (Å²) in [4.78, 5) is 28.6. The van der Waals surface area contributed by atoms with Gasteiger partial charge < -0.3 is 15.5 Å². The zero-order valence-corrected chi connectivity index (χ0v) is 12.8. The highest BCUT2D eigenvalue weighted by Crippen LogP contribution is 2.31. The van der Waals surface area contributed by atoms with Crippen molar-refractivity contribution in [2.24, 2.45) is 5.73 Å². The Bertz CT molecular complexity index is 574. The number of aromatic nitrogens is 1. The van der Waals surface area contributed by atoms with E-state index in [1.807, 2.05) is 26.8 Å². The Labute approximate surface area is 124 Å². The first-order valence-corrected chi connectivity index (χ1v) is 7.23. The highest BCUT2D eigenvalue weighted by molar-refractivity contribution is 5.69. The highest BCUT2D eigenvalue weighted by Gasteiger charge is 2.33. The van der Waals surface area contributed by atoms with E-state index in [0.717, 1.165) is 18.5 Å². The van der Waals surface area contributed by atoms with Crippen LogP contribution in [-0.2, 0) is 11.3 Å². The number of nitrogens with one attached hydrogen (secondary N) is 1. The Morgan fingerprint density at radius 2 is 2.19 bits per heavy atom. The first kappa shape index (κ1) is 15.6. The summed E-state index contributed by atoms with van der Waals surface area (Å²) >= 11 is 0. The normalized spacial score (nSPS) is 18.9. The molecular formula is C15H23N3O3. The van der Waals surface area contributed by atoms with E-state index in [4.69, 9.17) is 10.5 Å². The Morgan fingerprint density at radius 3 is 2.76 bits per heavy atom. The largest absolute Gasteiger partial charge is 0.444 e. The summed E-state index contributed by atoms with van der Waals surface area (Å²) in [6, 6.07) is 3.41. The molecule has 0 radical (unpaired) electrons. The molecule has 6 heteroatoms. The molecule has 1 fully saturated rings. The van der Waals surface area contributed by atoms with Crippen molar-refractivity contribution in [3.63, 3.8) is 0 Å². The van der Waals surface area contributed by atoms with Crippen LogP contribution in [0.3, 0.4) is 0 Å². The van der Waals surface area contributed by atoms with E-state index in [9.17, 15) is 9.59 Å². The molecule has 2 rings (SSSR count). The molecule has 1 aliphatic heterocycles. The van der Waals surface area contributed by atoms with Gasteiger partial charge in [-0.25, -0.2) is 4.79 Å². The predicted molar refractivity (Wildman–Crippen MR) is 79.9 cm³/mol. The van der Waals surface area contributed by atoms with E-state index < -0.39 is 5.60 Å². The average molecular weight is 293 g/mol. The lowest BCUT2D eigenvalue weighted by molar-refractivity contribution is 0.0221. The van der Waals surface area contributed by atoms with Gasteiger partial charge in [0.05, 0.1) is 6.04 Å². The van der Waals surface area contributed by atoms with Gasteiger partial charge in [-0.2, -0.15) is 0 Å². The second-order valence-corrected chi connectivity index (χ2v) is 6.30. The van der Waals surface area contributed by atoms with Crippen LogP contribution in [0.25, 0.3) is 0 Å². The Balaban J connectivity index is 2.20. The average Bonchev–Trinajstić information content (AvgIpc) is 2.85. The van der Waals surface area contributed by atoms with Crippen LogP contribution in [0.15, 0.2) is 16.9 Å². The number of carbonyl (C=O) groups excluding carboxylic acids is 1. The van der Waals surface area contributed by atoms with E-state index in [1.54, 1.807) is 11.0 Å². The summed E-state index contributed by atoms with van der Waals surface area (Å²) in [6.07, 6.45) is 1.37. The lowest BCUT2D eigenvalue weighted by Gasteiger charge is -2.28. The van der Waals surface area contributed by atoms with Crippen LogP contribution < -0.4 is 11.3 Å². The molecule has 6 nitrogen and oxygen atoms in total. The number of carbonyl (C=O) groups is 1. The minimum absolute atomic E-state index is 0.139. The first-order valence-electron chi connectivity index (χ1n) is 7.23. The van der Waals surface area contributed by atoms with E-state index >= 15 is 0 Å². The van der Waals surface area contributed by atoms with Crippen LogP contribution in [0.2, 0.25) is 0 Å². The predicted octanol–water partition coefficient (Wildman–Crippen LogP) is 1.91. The van der Waals surface area contributed by atoms with Gasteiger partial charge in [0.15, 0.2) is 0 Å². The van der Waals surface area contributed by atoms with Crippen LogP contribution in [0.4, 0.5) is 4.79 Å². The van der Waals surface area contributed by atoms with Crippen molar-refractivity contribution < 1.29 is 9.53 Å². The zero-order chi connectivity index (χ0) is 15.6. The zero-order valence-electron chi connectivity index (χ0n) is 12.8. The smallest absolute Gasteiger partial charge is 0.410 e. The van der Waals surface area contributed by atoms with Crippen LogP contribution >= 0.6 is 0 Å². The summed E-state index contributed by atoms with van der Waals surface area (Å²) < 4.78 is 5.42. The van der Waals surface area contributed by atoms with Gasteiger partial charge in [-0.1, -0.05) is 6.07 Å². The molecule has 1 atom stereocenters. The maximum Gasteiger partial charge on any atom is 0.410 e. The van der Waals surface area contributed by atoms with Gasteiger partial charge in [-0.3, -0.25) is 9.69 Å². The summed E-state index contributed by atoms with van der Waals surface area (Å²) in [5, 5.41) is 0. The molecule has 0 aromatic carbocycles. The van der Waals surface area contributed by atoms with Gasteiger partial charge in [-0.05, 0) is 39.7 Å². The van der Waals surface area contributed by atoms with E-state index in [1.165, 1.54) is 0 Å². The quantitative estimate of drug-likeness (QED) is 0.871. The number of aromatic amines is 1. The lowest BCUT2D eigenvalue weighted by atomic mass is 10.1. The first-order chi connectivity index (χ1) is 9.81. The standard InChI is InChI=1S/C15H23N3O3/c1-15(2,3)21-14(20)18-8-4-5-12(18)11-7-6-10(9-16)13(19)17-11/h6-7,12H,4-5,8-9,16H2,1-3H3,(H,17,19). The molecule has 21 heavy (non-hydrogen) atoms. The van der Waals surface area contributed by atoms with Crippen molar-refractivity contribution in [1.29, 1.82) is 0 Å². The van der Waals surface area contributed by atoms with Crippen LogP contribution in [0.5, 0.6) is 0 Å². The number of nitrogens with two attached hydrogens (primary N) is 1. The number of likely N-dealkylation sites (tertiary alicyclic amines) is 1. The third-order valence-corrected chi connectivity index (χ3v) is 3.47. The SMILES string of the molecule is CC(C)(C)OC(=O)N1CCCC1c1ccc(CN)c(=O)[nH]1. The van der Waals surface area contributed by atoms with E-state index in [0.29, 0.717) is 12.1 Å². The van der Waals surface area contributed by atoms with E-state index in [-0.39, 0.29) is 24.2 Å². The number of amides is 1. The summed E-state index contributed by atoms with van der Waals surface area (Å²) in [6.45, 7) is 6.37. The number of H-pyrrole nitrogens is 1. The molecule has 0 aliphatic carbocycles. The fraction of sp³-hybridized carbons (Fsp3) is 0.600. The van der Waals surface area contributed by atoms with Crippen LogP contribution in [0, 0.1) is 0 Å². The summed E-state index contributed by atoms with van der Waals surface area (Å²) in [7, 11) is 0. The summed E-state index contributed by atoms with van der Waals surface area (Å²) in [5.74, 6) is 0. The molecule has 0 bridgehead atoms. The van der Waals surface area contributed by atoms with Crippen LogP contribution in [0.1, 0.15) is 50.9 Å². The number of nitrogens with zero attached hydrogens (tertiary/aromatic N) is 1. The van der Waals surface area contributed by atoms with Crippen molar-refractivity contribution in [2.45, 2.75) is 51.8 Å². The van der Waals surface area contributed by atoms with Crippen molar-refractivity contribution >= 4 is 6.09 Å². The minimum atomic E-state index is -0.527. The molecule has 1 amide bonds. The molecule has 3 N–H and O–H groups in total. The monoisotopic (exact) mass is 293 g/mol. The molecule has 116 valence electrons. The number of ether oxygens (including phenoxy) is 1. The Hall–Kier alpha value is -1.82. The number of rotatable bonds is 2. The maximum atomic E-state index is 12.2. The van der Waals surface area contributed by atoms with Crippen LogP contribution in [-0.4, -0.2) is 28.1 Å². The fourth-order valence-electron chi connectivity index (χ4n) is 2.50. The lowest BCUT2D eigenvalue weighted by Crippen LogP contribution is -2.37. The van der Waals surface area contributed by atoms with Gasteiger partial charge in [0, 0.05) is 24.3 Å². The molecule has 0 spiro atoms.